The van der Waals surface area contributed by atoms with Gasteiger partial charge in [0, 0.05) is 17.3 Å². The van der Waals surface area contributed by atoms with Crippen LogP contribution in [0.1, 0.15) is 49.3 Å². The standard InChI is InChI=1S/C16H22FNS/c1-19-16-5-3-2-4-15(16)18-14-9-6-11-10-12(17)7-8-13(11)14/h7-8,10,14-16,18H,2-6,9H2,1H3. The highest BCUT2D eigenvalue weighted by molar-refractivity contribution is 7.99. The van der Waals surface area contributed by atoms with E-state index < -0.39 is 0 Å². The predicted octanol–water partition coefficient (Wildman–Crippen LogP) is 4.08. The van der Waals surface area contributed by atoms with E-state index in [0.29, 0.717) is 12.1 Å². The van der Waals surface area contributed by atoms with Crippen molar-refractivity contribution in [1.82, 2.24) is 5.32 Å². The van der Waals surface area contributed by atoms with Crippen LogP contribution in [0.4, 0.5) is 4.39 Å². The first-order chi connectivity index (χ1) is 9.28. The molecule has 0 spiro atoms. The Kier molecular flexibility index (Phi) is 4.13. The van der Waals surface area contributed by atoms with Crippen LogP contribution in [0.25, 0.3) is 0 Å². The van der Waals surface area contributed by atoms with Gasteiger partial charge < -0.3 is 5.32 Å². The summed E-state index contributed by atoms with van der Waals surface area (Å²) in [6, 6.07) is 6.36. The van der Waals surface area contributed by atoms with Gasteiger partial charge in [0.2, 0.25) is 0 Å². The molecule has 1 aromatic rings. The summed E-state index contributed by atoms with van der Waals surface area (Å²) in [4.78, 5) is 0. The third-order valence-corrected chi connectivity index (χ3v) is 5.77. The van der Waals surface area contributed by atoms with E-state index in [4.69, 9.17) is 0 Å². The minimum absolute atomic E-state index is 0.0981. The molecular weight excluding hydrogens is 257 g/mol. The summed E-state index contributed by atoms with van der Waals surface area (Å²) in [6.07, 6.45) is 9.70. The van der Waals surface area contributed by atoms with E-state index >= 15 is 0 Å². The Morgan fingerprint density at radius 2 is 2.05 bits per heavy atom. The van der Waals surface area contributed by atoms with Crippen molar-refractivity contribution < 1.29 is 4.39 Å². The molecule has 1 N–H and O–H groups in total. The molecule has 3 heteroatoms. The van der Waals surface area contributed by atoms with Gasteiger partial charge in [0.1, 0.15) is 5.82 Å². The second kappa shape index (κ2) is 5.84. The van der Waals surface area contributed by atoms with E-state index in [0.717, 1.165) is 18.1 Å². The Hall–Kier alpha value is -0.540. The number of fused-ring (bicyclic) bond motifs is 1. The zero-order valence-corrected chi connectivity index (χ0v) is 12.3. The molecule has 1 nitrogen and oxygen atoms in total. The highest BCUT2D eigenvalue weighted by atomic mass is 32.2. The van der Waals surface area contributed by atoms with Gasteiger partial charge in [-0.2, -0.15) is 11.8 Å². The van der Waals surface area contributed by atoms with Crippen molar-refractivity contribution in [3.8, 4) is 0 Å². The summed E-state index contributed by atoms with van der Waals surface area (Å²) in [6.45, 7) is 0. The third kappa shape index (κ3) is 2.82. The summed E-state index contributed by atoms with van der Waals surface area (Å²) in [5.74, 6) is -0.0981. The number of halogens is 1. The molecular formula is C16H22FNS. The Labute approximate surface area is 119 Å². The van der Waals surface area contributed by atoms with E-state index in [2.05, 4.69) is 11.6 Å². The smallest absolute Gasteiger partial charge is 0.123 e. The molecule has 1 fully saturated rings. The molecule has 1 aromatic carbocycles. The molecule has 0 aromatic heterocycles. The summed E-state index contributed by atoms with van der Waals surface area (Å²) in [5, 5.41) is 4.60. The van der Waals surface area contributed by atoms with Crippen molar-refractivity contribution in [1.29, 1.82) is 0 Å². The number of rotatable bonds is 3. The van der Waals surface area contributed by atoms with Crippen molar-refractivity contribution >= 4 is 11.8 Å². The van der Waals surface area contributed by atoms with Crippen LogP contribution in [0.3, 0.4) is 0 Å². The topological polar surface area (TPSA) is 12.0 Å². The van der Waals surface area contributed by atoms with Crippen molar-refractivity contribution in [2.45, 2.75) is 55.9 Å². The molecule has 3 unspecified atom stereocenters. The molecule has 0 heterocycles. The second-order valence-corrected chi connectivity index (χ2v) is 6.84. The van der Waals surface area contributed by atoms with E-state index in [1.54, 1.807) is 12.1 Å². The molecule has 19 heavy (non-hydrogen) atoms. The zero-order valence-electron chi connectivity index (χ0n) is 11.5. The van der Waals surface area contributed by atoms with Crippen LogP contribution >= 0.6 is 11.8 Å². The van der Waals surface area contributed by atoms with Gasteiger partial charge in [-0.05, 0) is 55.2 Å². The number of benzene rings is 1. The average Bonchev–Trinajstić information content (AvgIpc) is 2.82. The van der Waals surface area contributed by atoms with Crippen molar-refractivity contribution in [2.24, 2.45) is 0 Å². The lowest BCUT2D eigenvalue weighted by molar-refractivity contribution is 0.346. The van der Waals surface area contributed by atoms with Crippen LogP contribution in [0, 0.1) is 5.82 Å². The first kappa shape index (κ1) is 13.4. The number of aryl methyl sites for hydroxylation is 1. The van der Waals surface area contributed by atoms with E-state index in [-0.39, 0.29) is 5.82 Å². The van der Waals surface area contributed by atoms with Gasteiger partial charge in [-0.1, -0.05) is 18.9 Å². The van der Waals surface area contributed by atoms with Gasteiger partial charge in [-0.15, -0.1) is 0 Å². The first-order valence-corrected chi connectivity index (χ1v) is 8.64. The summed E-state index contributed by atoms with van der Waals surface area (Å²) < 4.78 is 13.2. The van der Waals surface area contributed by atoms with Crippen LogP contribution in [0.2, 0.25) is 0 Å². The number of hydrogen-bond donors (Lipinski definition) is 1. The lowest BCUT2D eigenvalue weighted by Crippen LogP contribution is -2.41. The van der Waals surface area contributed by atoms with Crippen LogP contribution in [-0.4, -0.2) is 17.5 Å². The van der Waals surface area contributed by atoms with Crippen LogP contribution in [0.5, 0.6) is 0 Å². The molecule has 2 aliphatic rings. The van der Waals surface area contributed by atoms with Crippen molar-refractivity contribution in [2.75, 3.05) is 6.26 Å². The molecule has 0 bridgehead atoms. The molecule has 0 saturated heterocycles. The SMILES string of the molecule is CSC1CCCCC1NC1CCc2cc(F)ccc21. The zero-order chi connectivity index (χ0) is 13.2. The molecule has 2 aliphatic carbocycles. The quantitative estimate of drug-likeness (QED) is 0.895. The van der Waals surface area contributed by atoms with Gasteiger partial charge in [-0.25, -0.2) is 4.39 Å². The molecule has 1 saturated carbocycles. The van der Waals surface area contributed by atoms with Gasteiger partial charge in [0.05, 0.1) is 0 Å². The third-order valence-electron chi connectivity index (χ3n) is 4.60. The van der Waals surface area contributed by atoms with Gasteiger partial charge in [0.25, 0.3) is 0 Å². The number of hydrogen-bond acceptors (Lipinski definition) is 2. The van der Waals surface area contributed by atoms with Gasteiger partial charge in [0.15, 0.2) is 0 Å². The highest BCUT2D eigenvalue weighted by Crippen LogP contribution is 2.35. The summed E-state index contributed by atoms with van der Waals surface area (Å²) in [5.41, 5.74) is 2.53. The molecule has 0 radical (unpaired) electrons. The number of thioether (sulfide) groups is 1. The largest absolute Gasteiger partial charge is 0.306 e. The van der Waals surface area contributed by atoms with Crippen molar-refractivity contribution in [3.63, 3.8) is 0 Å². The van der Waals surface area contributed by atoms with Crippen LogP contribution < -0.4 is 5.32 Å². The Morgan fingerprint density at radius 3 is 2.89 bits per heavy atom. The first-order valence-electron chi connectivity index (χ1n) is 7.35. The fraction of sp³-hybridized carbons (Fsp3) is 0.625. The maximum absolute atomic E-state index is 13.2. The van der Waals surface area contributed by atoms with E-state index in [1.165, 1.54) is 36.8 Å². The lowest BCUT2D eigenvalue weighted by atomic mass is 9.93. The minimum atomic E-state index is -0.0981. The lowest BCUT2D eigenvalue weighted by Gasteiger charge is -2.33. The van der Waals surface area contributed by atoms with Crippen LogP contribution in [0.15, 0.2) is 18.2 Å². The predicted molar refractivity (Wildman–Crippen MR) is 80.2 cm³/mol. The molecule has 0 aliphatic heterocycles. The molecule has 3 atom stereocenters. The van der Waals surface area contributed by atoms with E-state index in [9.17, 15) is 4.39 Å². The second-order valence-electron chi connectivity index (χ2n) is 5.77. The maximum atomic E-state index is 13.2. The highest BCUT2D eigenvalue weighted by Gasteiger charge is 2.30. The Balaban J connectivity index is 1.71. The minimum Gasteiger partial charge on any atom is -0.306 e. The molecule has 104 valence electrons. The Morgan fingerprint density at radius 1 is 1.21 bits per heavy atom. The number of nitrogens with one attached hydrogen (secondary N) is 1. The Bertz CT molecular complexity index is 448. The van der Waals surface area contributed by atoms with Crippen molar-refractivity contribution in [3.05, 3.63) is 35.1 Å². The van der Waals surface area contributed by atoms with Gasteiger partial charge in [-0.3, -0.25) is 0 Å². The van der Waals surface area contributed by atoms with E-state index in [1.807, 2.05) is 17.8 Å². The molecule has 0 amide bonds. The summed E-state index contributed by atoms with van der Waals surface area (Å²) in [7, 11) is 0. The molecule has 3 rings (SSSR count). The summed E-state index contributed by atoms with van der Waals surface area (Å²) >= 11 is 2.00. The fourth-order valence-electron chi connectivity index (χ4n) is 3.59. The average molecular weight is 279 g/mol. The van der Waals surface area contributed by atoms with Crippen LogP contribution in [-0.2, 0) is 6.42 Å². The normalized spacial score (nSPS) is 30.3. The monoisotopic (exact) mass is 279 g/mol. The fourth-order valence-corrected chi connectivity index (χ4v) is 4.53. The maximum Gasteiger partial charge on any atom is 0.123 e. The van der Waals surface area contributed by atoms with Gasteiger partial charge >= 0.3 is 0 Å².